The second-order valence-electron chi connectivity index (χ2n) is 15.4. The van der Waals surface area contributed by atoms with E-state index < -0.39 is 0 Å². The molecule has 6 heteroatoms. The zero-order valence-electron chi connectivity index (χ0n) is 25.7. The summed E-state index contributed by atoms with van der Waals surface area (Å²) < 4.78 is 0. The Bertz CT molecular complexity index is 1000. The number of aliphatic hydroxyl groups is 1. The van der Waals surface area contributed by atoms with E-state index >= 15 is 0 Å². The van der Waals surface area contributed by atoms with Gasteiger partial charge in [-0.05, 0) is 111 Å². The molecule has 6 aliphatic rings. The molecule has 2 saturated heterocycles. The predicted octanol–water partition coefficient (Wildman–Crippen LogP) is 5.95. The summed E-state index contributed by atoms with van der Waals surface area (Å²) in [5.74, 6) is 4.57. The van der Waals surface area contributed by atoms with E-state index in [9.17, 15) is 14.7 Å². The number of rotatable bonds is 4. The van der Waals surface area contributed by atoms with Gasteiger partial charge in [-0.3, -0.25) is 4.79 Å². The molecule has 0 aromatic carbocycles. The third-order valence-electron chi connectivity index (χ3n) is 13.2. The number of aliphatic hydroxyl groups excluding tert-OH is 1. The van der Waals surface area contributed by atoms with Gasteiger partial charge in [0, 0.05) is 45.7 Å². The van der Waals surface area contributed by atoms with Crippen molar-refractivity contribution >= 4 is 11.9 Å². The molecule has 4 aliphatic carbocycles. The molecule has 2 heterocycles. The highest BCUT2D eigenvalue weighted by Crippen LogP contribution is 2.67. The molecule has 0 aromatic heterocycles. The van der Waals surface area contributed by atoms with Crippen molar-refractivity contribution in [1.82, 2.24) is 14.7 Å². The maximum absolute atomic E-state index is 13.2. The van der Waals surface area contributed by atoms with Gasteiger partial charge in [0.05, 0.1) is 6.10 Å². The predicted molar refractivity (Wildman–Crippen MR) is 159 cm³/mol. The highest BCUT2D eigenvalue weighted by atomic mass is 16.3. The van der Waals surface area contributed by atoms with Gasteiger partial charge in [-0.1, -0.05) is 39.3 Å². The van der Waals surface area contributed by atoms with Gasteiger partial charge in [0.25, 0.3) is 0 Å². The first-order valence-electron chi connectivity index (χ1n) is 16.8. The minimum Gasteiger partial charge on any atom is -0.393 e. The number of piperazine rings is 1. The van der Waals surface area contributed by atoms with E-state index in [4.69, 9.17) is 0 Å². The summed E-state index contributed by atoms with van der Waals surface area (Å²) in [5.41, 5.74) is 2.27. The Morgan fingerprint density at radius 1 is 0.950 bits per heavy atom. The van der Waals surface area contributed by atoms with Crippen LogP contribution < -0.4 is 0 Å². The second kappa shape index (κ2) is 10.9. The minimum atomic E-state index is -0.130. The average molecular weight is 554 g/mol. The van der Waals surface area contributed by atoms with Crippen LogP contribution in [-0.4, -0.2) is 77.1 Å². The Morgan fingerprint density at radius 3 is 2.42 bits per heavy atom. The average Bonchev–Trinajstić information content (AvgIpc) is 3.54. The fourth-order valence-corrected chi connectivity index (χ4v) is 10.8. The molecule has 3 amide bonds. The normalized spacial score (nSPS) is 42.1. The fraction of sp³-hybridized carbons (Fsp3) is 0.882. The van der Waals surface area contributed by atoms with Crippen molar-refractivity contribution < 1.29 is 14.7 Å². The first kappa shape index (κ1) is 28.6. The van der Waals surface area contributed by atoms with Gasteiger partial charge in [-0.15, -0.1) is 0 Å². The highest BCUT2D eigenvalue weighted by Gasteiger charge is 2.59. The number of amides is 3. The number of carbonyl (C=O) groups excluding carboxylic acids is 2. The molecule has 3 saturated carbocycles. The number of fused-ring (bicyclic) bond motifs is 5. The lowest BCUT2D eigenvalue weighted by Crippen LogP contribution is -2.53. The molecular weight excluding hydrogens is 498 g/mol. The molecule has 0 spiro atoms. The zero-order chi connectivity index (χ0) is 28.2. The molecular formula is C34H55N3O3. The topological polar surface area (TPSA) is 64.1 Å². The quantitative estimate of drug-likeness (QED) is 0.438. The highest BCUT2D eigenvalue weighted by molar-refractivity contribution is 5.78. The van der Waals surface area contributed by atoms with Gasteiger partial charge in [-0.2, -0.15) is 0 Å². The standard InChI is InChI=1S/C34H55N3O3/c1-23-13-16-37(22-23)32(40)36-19-17-35(18-20-36)31(39)10-5-24(2)28-8-9-29-27-7-6-25-21-26(38)11-14-33(25,3)30(27)12-15-34(28,29)4/h6,23-24,26-30,38H,5,7-22H2,1-4H3/t23?,24?,26-,27-,28+,29-,30-,33-,34+/m0/s1. The lowest BCUT2D eigenvalue weighted by Gasteiger charge is -2.58. The van der Waals surface area contributed by atoms with Crippen molar-refractivity contribution in [1.29, 1.82) is 0 Å². The number of nitrogens with zero attached hydrogens (tertiary/aromatic N) is 3. The smallest absolute Gasteiger partial charge is 0.320 e. The Labute approximate surface area is 242 Å². The van der Waals surface area contributed by atoms with E-state index in [1.807, 2.05) is 14.7 Å². The maximum atomic E-state index is 13.2. The molecule has 0 radical (unpaired) electrons. The maximum Gasteiger partial charge on any atom is 0.320 e. The second-order valence-corrected chi connectivity index (χ2v) is 15.4. The van der Waals surface area contributed by atoms with Crippen molar-refractivity contribution in [2.75, 3.05) is 39.3 Å². The third-order valence-corrected chi connectivity index (χ3v) is 13.2. The number of urea groups is 1. The summed E-state index contributed by atoms with van der Waals surface area (Å²) in [6.07, 6.45) is 14.7. The summed E-state index contributed by atoms with van der Waals surface area (Å²) in [6.45, 7) is 14.2. The molecule has 5 fully saturated rings. The number of hydrogen-bond acceptors (Lipinski definition) is 3. The first-order chi connectivity index (χ1) is 19.1. The Kier molecular flexibility index (Phi) is 7.80. The van der Waals surface area contributed by atoms with E-state index in [0.29, 0.717) is 55.3 Å². The van der Waals surface area contributed by atoms with Crippen molar-refractivity contribution in [2.24, 2.45) is 46.3 Å². The molecule has 2 aliphatic heterocycles. The third kappa shape index (κ3) is 4.92. The summed E-state index contributed by atoms with van der Waals surface area (Å²) in [7, 11) is 0. The van der Waals surface area contributed by atoms with Crippen molar-refractivity contribution in [3.05, 3.63) is 11.6 Å². The molecule has 6 nitrogen and oxygen atoms in total. The largest absolute Gasteiger partial charge is 0.393 e. The van der Waals surface area contributed by atoms with Crippen LogP contribution in [0.2, 0.25) is 0 Å². The van der Waals surface area contributed by atoms with E-state index in [-0.39, 0.29) is 18.0 Å². The summed E-state index contributed by atoms with van der Waals surface area (Å²) >= 11 is 0. The van der Waals surface area contributed by atoms with Crippen LogP contribution in [0, 0.1) is 46.3 Å². The van der Waals surface area contributed by atoms with Crippen molar-refractivity contribution in [3.8, 4) is 0 Å². The zero-order valence-corrected chi connectivity index (χ0v) is 25.7. The number of likely N-dealkylation sites (tertiary alicyclic amines) is 1. The summed E-state index contributed by atoms with van der Waals surface area (Å²) in [4.78, 5) is 32.0. The summed E-state index contributed by atoms with van der Waals surface area (Å²) in [5, 5.41) is 10.3. The van der Waals surface area contributed by atoms with Crippen LogP contribution in [0.15, 0.2) is 11.6 Å². The van der Waals surface area contributed by atoms with Gasteiger partial charge >= 0.3 is 6.03 Å². The number of allylic oxidation sites excluding steroid dienone is 1. The molecule has 0 bridgehead atoms. The van der Waals surface area contributed by atoms with Crippen molar-refractivity contribution in [3.63, 3.8) is 0 Å². The monoisotopic (exact) mass is 553 g/mol. The van der Waals surface area contributed by atoms with E-state index in [1.165, 1.54) is 32.1 Å². The van der Waals surface area contributed by atoms with E-state index in [0.717, 1.165) is 68.9 Å². The van der Waals surface area contributed by atoms with E-state index in [2.05, 4.69) is 33.8 Å². The Hall–Kier alpha value is -1.56. The van der Waals surface area contributed by atoms with Gasteiger partial charge < -0.3 is 19.8 Å². The molecule has 1 N–H and O–H groups in total. The van der Waals surface area contributed by atoms with Crippen LogP contribution in [0.5, 0.6) is 0 Å². The first-order valence-corrected chi connectivity index (χ1v) is 16.8. The molecule has 224 valence electrons. The van der Waals surface area contributed by atoms with Crippen LogP contribution >= 0.6 is 0 Å². The van der Waals surface area contributed by atoms with Crippen LogP contribution in [-0.2, 0) is 4.79 Å². The molecule has 9 atom stereocenters. The van der Waals surface area contributed by atoms with Crippen molar-refractivity contribution in [2.45, 2.75) is 104 Å². The summed E-state index contributed by atoms with van der Waals surface area (Å²) in [6, 6.07) is 0.170. The van der Waals surface area contributed by atoms with E-state index in [1.54, 1.807) is 5.57 Å². The molecule has 6 rings (SSSR count). The lowest BCUT2D eigenvalue weighted by molar-refractivity contribution is -0.133. The lowest BCUT2D eigenvalue weighted by atomic mass is 9.47. The van der Waals surface area contributed by atoms with Crippen LogP contribution in [0.1, 0.15) is 98.3 Å². The van der Waals surface area contributed by atoms with Gasteiger partial charge in [0.2, 0.25) is 5.91 Å². The fourth-order valence-electron chi connectivity index (χ4n) is 10.8. The van der Waals surface area contributed by atoms with Crippen LogP contribution in [0.4, 0.5) is 4.79 Å². The van der Waals surface area contributed by atoms with Gasteiger partial charge in [0.15, 0.2) is 0 Å². The minimum absolute atomic E-state index is 0.130. The SMILES string of the molecule is CC1CCN(C(=O)N2CCN(C(=O)CCC(C)[C@H]3CC[C@H]4[C@@H]5CC=C6C[C@@H](O)CC[C@]6(C)[C@H]5CC[C@]34C)CC2)C1. The van der Waals surface area contributed by atoms with Crippen LogP contribution in [0.3, 0.4) is 0 Å². The van der Waals surface area contributed by atoms with Crippen LogP contribution in [0.25, 0.3) is 0 Å². The molecule has 0 aromatic rings. The molecule has 40 heavy (non-hydrogen) atoms. The Balaban J connectivity index is 1.01. The Morgan fingerprint density at radius 2 is 1.70 bits per heavy atom. The van der Waals surface area contributed by atoms with Gasteiger partial charge in [0.1, 0.15) is 0 Å². The number of hydrogen-bond donors (Lipinski definition) is 1. The van der Waals surface area contributed by atoms with Gasteiger partial charge in [-0.25, -0.2) is 4.79 Å². The number of carbonyl (C=O) groups is 2. The molecule has 2 unspecified atom stereocenters.